The van der Waals surface area contributed by atoms with E-state index in [1.165, 1.54) is 20.5 Å². The van der Waals surface area contributed by atoms with Crippen LogP contribution in [0.5, 0.6) is 0 Å². The molecule has 39 heavy (non-hydrogen) atoms. The van der Waals surface area contributed by atoms with Gasteiger partial charge in [0.1, 0.15) is 16.3 Å². The first kappa shape index (κ1) is 29.6. The van der Waals surface area contributed by atoms with E-state index in [0.717, 1.165) is 23.4 Å². The highest BCUT2D eigenvalue weighted by Gasteiger charge is 2.45. The Morgan fingerprint density at radius 3 is 2.54 bits per heavy atom. The molecule has 0 spiro atoms. The van der Waals surface area contributed by atoms with Gasteiger partial charge in [-0.3, -0.25) is 9.59 Å². The van der Waals surface area contributed by atoms with E-state index in [9.17, 15) is 23.1 Å². The summed E-state index contributed by atoms with van der Waals surface area (Å²) in [5.74, 6) is -0.202. The molecule has 4 rings (SSSR count). The molecule has 0 aromatic carbocycles. The normalized spacial score (nSPS) is 20.9. The van der Waals surface area contributed by atoms with Crippen LogP contribution in [0.2, 0.25) is 0 Å². The van der Waals surface area contributed by atoms with Crippen LogP contribution in [-0.4, -0.2) is 87.9 Å². The van der Waals surface area contributed by atoms with Gasteiger partial charge in [-0.2, -0.15) is 4.31 Å². The Balaban J connectivity index is 1.41. The second-order valence-corrected chi connectivity index (χ2v) is 14.7. The molecule has 0 unspecified atom stereocenters. The number of carbonyl (C=O) groups excluding carboxylic acids is 2. The minimum absolute atomic E-state index is 0.0746. The van der Waals surface area contributed by atoms with Crippen LogP contribution >= 0.6 is 11.3 Å². The number of thiophene rings is 1. The lowest BCUT2D eigenvalue weighted by atomic mass is 9.85. The molecular formula is C26H40N6O5S2. The maximum atomic E-state index is 13.8. The number of carbonyl (C=O) groups is 2. The fourth-order valence-corrected chi connectivity index (χ4v) is 8.04. The molecule has 11 nitrogen and oxygen atoms in total. The zero-order valence-corrected chi connectivity index (χ0v) is 25.0. The van der Waals surface area contributed by atoms with Crippen molar-refractivity contribution < 1.29 is 23.1 Å². The monoisotopic (exact) mass is 580 g/mol. The Hall–Kier alpha value is -2.35. The Bertz CT molecular complexity index is 1280. The van der Waals surface area contributed by atoms with E-state index in [2.05, 4.69) is 15.6 Å². The number of rotatable bonds is 11. The summed E-state index contributed by atoms with van der Waals surface area (Å²) in [5.41, 5.74) is 0.386. The van der Waals surface area contributed by atoms with E-state index in [0.29, 0.717) is 25.4 Å². The van der Waals surface area contributed by atoms with Crippen molar-refractivity contribution in [2.75, 3.05) is 26.2 Å². The number of hydrogen-bond donors (Lipinski definition) is 2. The van der Waals surface area contributed by atoms with E-state index in [4.69, 9.17) is 0 Å². The maximum Gasteiger partial charge on any atom is 0.252 e. The van der Waals surface area contributed by atoms with Crippen LogP contribution in [0, 0.1) is 5.41 Å². The molecule has 0 bridgehead atoms. The lowest BCUT2D eigenvalue weighted by Gasteiger charge is -2.34. The van der Waals surface area contributed by atoms with Gasteiger partial charge in [-0.25, -0.2) is 13.1 Å². The zero-order chi connectivity index (χ0) is 28.5. The van der Waals surface area contributed by atoms with Crippen LogP contribution in [0.15, 0.2) is 22.5 Å². The van der Waals surface area contributed by atoms with Crippen LogP contribution in [0.4, 0.5) is 0 Å². The van der Waals surface area contributed by atoms with E-state index in [-0.39, 0.29) is 35.5 Å². The van der Waals surface area contributed by atoms with Crippen LogP contribution < -0.4 is 5.32 Å². The molecule has 2 fully saturated rings. The number of nitrogens with zero attached hydrogens (tertiary/aromatic N) is 5. The van der Waals surface area contributed by atoms with Crippen LogP contribution in [-0.2, 0) is 26.0 Å². The van der Waals surface area contributed by atoms with E-state index in [1.54, 1.807) is 30.7 Å². The predicted molar refractivity (Wildman–Crippen MR) is 148 cm³/mol. The van der Waals surface area contributed by atoms with Crippen molar-refractivity contribution in [2.45, 2.75) is 88.6 Å². The van der Waals surface area contributed by atoms with E-state index < -0.39 is 33.6 Å². The smallest absolute Gasteiger partial charge is 0.252 e. The molecular weight excluding hydrogens is 540 g/mol. The first-order chi connectivity index (χ1) is 18.4. The first-order valence-electron chi connectivity index (χ1n) is 13.6. The second-order valence-electron chi connectivity index (χ2n) is 11.4. The summed E-state index contributed by atoms with van der Waals surface area (Å²) >= 11 is 1.20. The molecule has 13 heteroatoms. The molecule has 1 aliphatic heterocycles. The third-order valence-corrected chi connectivity index (χ3v) is 11.0. The zero-order valence-electron chi connectivity index (χ0n) is 23.3. The lowest BCUT2D eigenvalue weighted by Crippen LogP contribution is -2.50. The molecule has 1 aliphatic carbocycles. The number of likely N-dealkylation sites (tertiary alicyclic amines) is 1. The second kappa shape index (κ2) is 11.6. The molecule has 1 saturated carbocycles. The Kier molecular flexibility index (Phi) is 8.84. The van der Waals surface area contributed by atoms with Gasteiger partial charge in [0, 0.05) is 49.6 Å². The minimum atomic E-state index is -3.52. The number of aromatic nitrogens is 3. The van der Waals surface area contributed by atoms with Gasteiger partial charge >= 0.3 is 0 Å². The molecule has 2 aromatic rings. The standard InChI is InChI=1S/C26H40N6O5S2/c1-6-30(7-2)39(36,37)22-11-10-19(38-22)12-13-27-24(34)21-14-18(33)15-31(21)25(35)23(26(3,4)5)32-16-20(28-29-32)17-8-9-17/h10-11,16-18,21,23,33H,6-9,12-15H2,1-5H3,(H,27,34)/t18-,21+,23-/m1/s1. The molecule has 2 aliphatic rings. The summed E-state index contributed by atoms with van der Waals surface area (Å²) in [6, 6.07) is 1.90. The van der Waals surface area contributed by atoms with Crippen LogP contribution in [0.25, 0.3) is 0 Å². The Morgan fingerprint density at radius 1 is 1.23 bits per heavy atom. The van der Waals surface area contributed by atoms with E-state index in [1.807, 2.05) is 27.0 Å². The summed E-state index contributed by atoms with van der Waals surface area (Å²) < 4.78 is 28.8. The van der Waals surface area contributed by atoms with Gasteiger partial charge in [-0.1, -0.05) is 39.8 Å². The molecule has 0 radical (unpaired) electrons. The summed E-state index contributed by atoms with van der Waals surface area (Å²) in [6.45, 7) is 10.6. The summed E-state index contributed by atoms with van der Waals surface area (Å²) in [5, 5.41) is 21.8. The summed E-state index contributed by atoms with van der Waals surface area (Å²) in [7, 11) is -3.52. The Labute approximate surface area is 234 Å². The number of amides is 2. The number of aliphatic hydroxyl groups excluding tert-OH is 1. The molecule has 2 amide bonds. The fraction of sp³-hybridized carbons (Fsp3) is 0.692. The van der Waals surface area contributed by atoms with Gasteiger partial charge < -0.3 is 15.3 Å². The average molecular weight is 581 g/mol. The van der Waals surface area contributed by atoms with Crippen molar-refractivity contribution in [3.8, 4) is 0 Å². The molecule has 3 atom stereocenters. The highest BCUT2D eigenvalue weighted by molar-refractivity contribution is 7.91. The van der Waals surface area contributed by atoms with Crippen LogP contribution in [0.1, 0.15) is 76.4 Å². The average Bonchev–Trinajstić information content (AvgIpc) is 3.23. The minimum Gasteiger partial charge on any atom is -0.391 e. The number of nitrogens with one attached hydrogen (secondary N) is 1. The van der Waals surface area contributed by atoms with Gasteiger partial charge in [0.15, 0.2) is 0 Å². The maximum absolute atomic E-state index is 13.8. The van der Waals surface area contributed by atoms with Crippen molar-refractivity contribution >= 4 is 33.2 Å². The van der Waals surface area contributed by atoms with Gasteiger partial charge in [-0.15, -0.1) is 16.4 Å². The lowest BCUT2D eigenvalue weighted by molar-refractivity contribution is -0.144. The topological polar surface area (TPSA) is 138 Å². The van der Waals surface area contributed by atoms with Gasteiger partial charge in [0.2, 0.25) is 11.8 Å². The number of hydrogen-bond acceptors (Lipinski definition) is 8. The number of β-amino-alcohol motifs (C(OH)–C–C–N with tert-alkyl or cyclic N) is 1. The number of sulfonamides is 1. The van der Waals surface area contributed by atoms with Crippen molar-refractivity contribution in [1.29, 1.82) is 0 Å². The van der Waals surface area contributed by atoms with Crippen molar-refractivity contribution in [3.05, 3.63) is 28.9 Å². The number of aliphatic hydroxyl groups is 1. The quantitative estimate of drug-likeness (QED) is 0.415. The van der Waals surface area contributed by atoms with Gasteiger partial charge in [0.25, 0.3) is 10.0 Å². The highest BCUT2D eigenvalue weighted by Crippen LogP contribution is 2.40. The summed E-state index contributed by atoms with van der Waals surface area (Å²) in [4.78, 5) is 29.3. The molecule has 2 aromatic heterocycles. The third-order valence-electron chi connectivity index (χ3n) is 7.31. The van der Waals surface area contributed by atoms with Crippen molar-refractivity contribution in [3.63, 3.8) is 0 Å². The summed E-state index contributed by atoms with van der Waals surface area (Å²) in [6.07, 6.45) is 3.81. The Morgan fingerprint density at radius 2 is 1.92 bits per heavy atom. The molecule has 216 valence electrons. The molecule has 2 N–H and O–H groups in total. The SMILES string of the molecule is CCN(CC)S(=O)(=O)c1ccc(CCNC(=O)[C@@H]2C[C@@H](O)CN2C(=O)[C@@H](n2cc(C3CC3)nn2)C(C)(C)C)s1. The fourth-order valence-electron chi connectivity index (χ4n) is 5.07. The van der Waals surface area contributed by atoms with Crippen molar-refractivity contribution in [2.24, 2.45) is 5.41 Å². The third kappa shape index (κ3) is 6.53. The molecule has 3 heterocycles. The predicted octanol–water partition coefficient (Wildman–Crippen LogP) is 2.16. The van der Waals surface area contributed by atoms with E-state index >= 15 is 0 Å². The first-order valence-corrected chi connectivity index (χ1v) is 15.9. The van der Waals surface area contributed by atoms with Gasteiger partial charge in [0.05, 0.1) is 11.8 Å². The highest BCUT2D eigenvalue weighted by atomic mass is 32.2. The molecule has 1 saturated heterocycles. The van der Waals surface area contributed by atoms with Crippen LogP contribution in [0.3, 0.4) is 0 Å². The van der Waals surface area contributed by atoms with Gasteiger partial charge in [-0.05, 0) is 36.8 Å². The van der Waals surface area contributed by atoms with Crippen molar-refractivity contribution in [1.82, 2.24) is 29.5 Å². The largest absolute Gasteiger partial charge is 0.391 e.